The molecule has 184 valence electrons. The highest BCUT2D eigenvalue weighted by Crippen LogP contribution is 2.37. The van der Waals surface area contributed by atoms with Gasteiger partial charge in [0.2, 0.25) is 11.8 Å². The first-order valence-corrected chi connectivity index (χ1v) is 12.3. The van der Waals surface area contributed by atoms with Crippen LogP contribution in [0.1, 0.15) is 30.4 Å². The molecule has 6 nitrogen and oxygen atoms in total. The first-order chi connectivity index (χ1) is 17.4. The Morgan fingerprint density at radius 2 is 1.75 bits per heavy atom. The van der Waals surface area contributed by atoms with Crippen LogP contribution < -0.4 is 5.32 Å². The molecule has 2 heterocycles. The molecule has 0 unspecified atom stereocenters. The lowest BCUT2D eigenvalue weighted by Gasteiger charge is -2.40. The van der Waals surface area contributed by atoms with E-state index in [0.717, 1.165) is 11.1 Å². The summed E-state index contributed by atoms with van der Waals surface area (Å²) in [7, 11) is 0. The number of anilines is 1. The number of piperidine rings is 1. The molecule has 0 saturated carbocycles. The van der Waals surface area contributed by atoms with E-state index in [4.69, 9.17) is 16.0 Å². The van der Waals surface area contributed by atoms with E-state index in [2.05, 4.69) is 10.3 Å². The summed E-state index contributed by atoms with van der Waals surface area (Å²) in [4.78, 5) is 32.7. The van der Waals surface area contributed by atoms with Crippen molar-refractivity contribution in [3.05, 3.63) is 94.8 Å². The molecule has 1 saturated heterocycles. The van der Waals surface area contributed by atoms with Gasteiger partial charge in [0.15, 0.2) is 5.58 Å². The second-order valence-electron chi connectivity index (χ2n) is 9.04. The minimum atomic E-state index is -0.826. The molecule has 1 N–H and O–H groups in total. The van der Waals surface area contributed by atoms with Crippen molar-refractivity contribution in [3.63, 3.8) is 0 Å². The van der Waals surface area contributed by atoms with E-state index in [1.54, 1.807) is 35.2 Å². The molecule has 2 amide bonds. The zero-order chi connectivity index (χ0) is 25.1. The third kappa shape index (κ3) is 4.97. The molecular weight excluding hydrogens is 481 g/mol. The van der Waals surface area contributed by atoms with Gasteiger partial charge in [0, 0.05) is 24.5 Å². The number of carbonyl (C=O) groups excluding carboxylic acids is 2. The highest BCUT2D eigenvalue weighted by atomic mass is 35.5. The van der Waals surface area contributed by atoms with Crippen molar-refractivity contribution in [3.8, 4) is 0 Å². The number of halogens is 2. The van der Waals surface area contributed by atoms with Crippen molar-refractivity contribution < 1.29 is 18.4 Å². The number of rotatable bonds is 6. The van der Waals surface area contributed by atoms with E-state index in [-0.39, 0.29) is 23.6 Å². The average molecular weight is 506 g/mol. The van der Waals surface area contributed by atoms with Crippen LogP contribution in [0.5, 0.6) is 0 Å². The van der Waals surface area contributed by atoms with Gasteiger partial charge in [-0.1, -0.05) is 54.1 Å². The Morgan fingerprint density at radius 1 is 1.03 bits per heavy atom. The number of likely N-dealkylation sites (tertiary alicyclic amines) is 1. The van der Waals surface area contributed by atoms with Crippen LogP contribution in [0.15, 0.2) is 77.2 Å². The Labute approximate surface area is 213 Å². The number of aryl methyl sites for hydroxylation is 1. The fourth-order valence-corrected chi connectivity index (χ4v) is 4.94. The highest BCUT2D eigenvalue weighted by molar-refractivity contribution is 6.31. The van der Waals surface area contributed by atoms with Gasteiger partial charge in [-0.15, -0.1) is 0 Å². The number of hydrogen-bond donors (Lipinski definition) is 1. The number of carbonyl (C=O) groups is 2. The summed E-state index contributed by atoms with van der Waals surface area (Å²) in [6, 6.07) is 21.0. The summed E-state index contributed by atoms with van der Waals surface area (Å²) in [6.07, 6.45) is 1.82. The van der Waals surface area contributed by atoms with Crippen LogP contribution in [0.2, 0.25) is 5.02 Å². The van der Waals surface area contributed by atoms with Crippen LogP contribution in [0.25, 0.3) is 11.1 Å². The van der Waals surface area contributed by atoms with Crippen molar-refractivity contribution in [2.45, 2.75) is 31.1 Å². The molecule has 0 radical (unpaired) electrons. The number of nitrogens with zero attached hydrogens (tertiary/aromatic N) is 2. The summed E-state index contributed by atoms with van der Waals surface area (Å²) in [5, 5.41) is 3.39. The molecule has 0 atom stereocenters. The summed E-state index contributed by atoms with van der Waals surface area (Å²) in [6.45, 7) is 0.904. The monoisotopic (exact) mass is 505 g/mol. The van der Waals surface area contributed by atoms with E-state index >= 15 is 0 Å². The van der Waals surface area contributed by atoms with Gasteiger partial charge in [0.1, 0.15) is 11.3 Å². The Morgan fingerprint density at radius 3 is 2.47 bits per heavy atom. The fraction of sp³-hybridized carbons (Fsp3) is 0.250. The lowest BCUT2D eigenvalue weighted by Crippen LogP contribution is -2.51. The molecule has 0 aliphatic carbocycles. The predicted octanol–water partition coefficient (Wildman–Crippen LogP) is 5.75. The Balaban J connectivity index is 1.30. The van der Waals surface area contributed by atoms with Crippen LogP contribution in [0.3, 0.4) is 0 Å². The van der Waals surface area contributed by atoms with Crippen molar-refractivity contribution in [2.24, 2.45) is 0 Å². The van der Waals surface area contributed by atoms with Crippen LogP contribution in [0, 0.1) is 5.82 Å². The van der Waals surface area contributed by atoms with E-state index in [1.165, 1.54) is 12.1 Å². The quantitative estimate of drug-likeness (QED) is 0.362. The van der Waals surface area contributed by atoms with Crippen molar-refractivity contribution in [1.29, 1.82) is 0 Å². The summed E-state index contributed by atoms with van der Waals surface area (Å²) >= 11 is 6.04. The van der Waals surface area contributed by atoms with Crippen molar-refractivity contribution in [2.75, 3.05) is 18.4 Å². The topological polar surface area (TPSA) is 75.4 Å². The zero-order valence-corrected chi connectivity index (χ0v) is 20.3. The van der Waals surface area contributed by atoms with Crippen LogP contribution in [-0.4, -0.2) is 34.8 Å². The standard InChI is InChI=1S/C28H25ClFN3O3/c29-21-9-12-24-23(18-21)31-27(36-24)32-26(35)28(20-4-2-1-3-5-20)14-16-33(17-15-28)25(34)13-8-19-6-10-22(30)11-7-19/h1-7,9-12,18H,8,13-17H2,(H,31,32,35). The zero-order valence-electron chi connectivity index (χ0n) is 19.5. The van der Waals surface area contributed by atoms with Gasteiger partial charge in [-0.2, -0.15) is 4.98 Å². The SMILES string of the molecule is O=C(CCc1ccc(F)cc1)N1CCC(C(=O)Nc2nc3cc(Cl)ccc3o2)(c2ccccc2)CC1. The molecule has 8 heteroatoms. The second kappa shape index (κ2) is 10.1. The molecule has 1 aliphatic heterocycles. The smallest absolute Gasteiger partial charge is 0.302 e. The largest absolute Gasteiger partial charge is 0.423 e. The molecule has 4 aromatic rings. The lowest BCUT2D eigenvalue weighted by molar-refractivity contribution is -0.135. The van der Waals surface area contributed by atoms with Crippen LogP contribution in [-0.2, 0) is 21.4 Å². The van der Waals surface area contributed by atoms with Gasteiger partial charge in [-0.05, 0) is 60.7 Å². The average Bonchev–Trinajstić information content (AvgIpc) is 3.30. The second-order valence-corrected chi connectivity index (χ2v) is 9.48. The molecule has 5 rings (SSSR count). The molecular formula is C28H25ClFN3O3. The van der Waals surface area contributed by atoms with E-state index in [9.17, 15) is 14.0 Å². The summed E-state index contributed by atoms with van der Waals surface area (Å²) in [5.74, 6) is -0.486. The number of hydrogen-bond acceptors (Lipinski definition) is 4. The number of fused-ring (bicyclic) bond motifs is 1. The molecule has 1 aliphatic rings. The molecule has 0 bridgehead atoms. The third-order valence-corrected chi connectivity index (χ3v) is 7.08. The first kappa shape index (κ1) is 24.0. The van der Waals surface area contributed by atoms with Gasteiger partial charge in [-0.25, -0.2) is 4.39 Å². The van der Waals surface area contributed by atoms with Gasteiger partial charge >= 0.3 is 6.01 Å². The van der Waals surface area contributed by atoms with Crippen LogP contribution in [0.4, 0.5) is 10.4 Å². The van der Waals surface area contributed by atoms with E-state index in [0.29, 0.717) is 54.9 Å². The Hall–Kier alpha value is -3.71. The lowest BCUT2D eigenvalue weighted by atomic mass is 9.72. The van der Waals surface area contributed by atoms with Gasteiger partial charge < -0.3 is 9.32 Å². The van der Waals surface area contributed by atoms with Gasteiger partial charge in [0.25, 0.3) is 0 Å². The van der Waals surface area contributed by atoms with E-state index in [1.807, 2.05) is 30.3 Å². The molecule has 1 fully saturated rings. The summed E-state index contributed by atoms with van der Waals surface area (Å²) in [5.41, 5.74) is 2.07. The predicted molar refractivity (Wildman–Crippen MR) is 136 cm³/mol. The van der Waals surface area contributed by atoms with Gasteiger partial charge in [-0.3, -0.25) is 14.9 Å². The third-order valence-electron chi connectivity index (χ3n) is 6.84. The van der Waals surface area contributed by atoms with Crippen molar-refractivity contribution >= 4 is 40.5 Å². The van der Waals surface area contributed by atoms with Crippen LogP contribution >= 0.6 is 11.6 Å². The number of oxazole rings is 1. The Kier molecular flexibility index (Phi) is 6.74. The first-order valence-electron chi connectivity index (χ1n) is 11.9. The summed E-state index contributed by atoms with van der Waals surface area (Å²) < 4.78 is 18.9. The minimum Gasteiger partial charge on any atom is -0.423 e. The molecule has 36 heavy (non-hydrogen) atoms. The maximum Gasteiger partial charge on any atom is 0.302 e. The highest BCUT2D eigenvalue weighted by Gasteiger charge is 2.44. The number of nitrogens with one attached hydrogen (secondary N) is 1. The number of amides is 2. The Bertz CT molecular complexity index is 1380. The fourth-order valence-electron chi connectivity index (χ4n) is 4.77. The molecule has 1 aromatic heterocycles. The van der Waals surface area contributed by atoms with Crippen molar-refractivity contribution in [1.82, 2.24) is 9.88 Å². The minimum absolute atomic E-state index is 0.0252. The van der Waals surface area contributed by atoms with Gasteiger partial charge in [0.05, 0.1) is 5.41 Å². The molecule has 0 spiro atoms. The molecule has 3 aromatic carbocycles. The van der Waals surface area contributed by atoms with E-state index < -0.39 is 5.41 Å². The number of aromatic nitrogens is 1. The normalized spacial score (nSPS) is 15.1. The maximum absolute atomic E-state index is 13.7. The maximum atomic E-state index is 13.7. The number of benzene rings is 3.